The third-order valence-corrected chi connectivity index (χ3v) is 3.50. The Morgan fingerprint density at radius 2 is 2.17 bits per heavy atom. The number of anilines is 1. The number of hydrogen-bond donors (Lipinski definition) is 0. The third kappa shape index (κ3) is 2.53. The molecule has 98 valence electrons. The maximum Gasteiger partial charge on any atom is 0.242 e. The van der Waals surface area contributed by atoms with Crippen molar-refractivity contribution in [3.63, 3.8) is 0 Å². The molecule has 2 rings (SSSR count). The molecule has 18 heavy (non-hydrogen) atoms. The van der Waals surface area contributed by atoms with Crippen molar-refractivity contribution < 1.29 is 9.53 Å². The van der Waals surface area contributed by atoms with Crippen molar-refractivity contribution in [2.45, 2.75) is 6.92 Å². The lowest BCUT2D eigenvalue weighted by Crippen LogP contribution is -2.50. The van der Waals surface area contributed by atoms with Crippen LogP contribution >= 0.6 is 11.6 Å². The Bertz CT molecular complexity index is 451. The van der Waals surface area contributed by atoms with Gasteiger partial charge in [0.1, 0.15) is 5.75 Å². The van der Waals surface area contributed by atoms with Crippen LogP contribution in [-0.4, -0.2) is 44.1 Å². The van der Waals surface area contributed by atoms with E-state index in [1.165, 1.54) is 0 Å². The summed E-state index contributed by atoms with van der Waals surface area (Å²) >= 11 is 6.09. The summed E-state index contributed by atoms with van der Waals surface area (Å²) in [7, 11) is 1.59. The van der Waals surface area contributed by atoms with Crippen LogP contribution in [0.4, 0.5) is 5.69 Å². The van der Waals surface area contributed by atoms with Crippen LogP contribution in [0.15, 0.2) is 18.2 Å². The van der Waals surface area contributed by atoms with Crippen molar-refractivity contribution in [3.05, 3.63) is 23.2 Å². The van der Waals surface area contributed by atoms with Gasteiger partial charge in [0.15, 0.2) is 0 Å². The van der Waals surface area contributed by atoms with Gasteiger partial charge in [0.05, 0.1) is 18.7 Å². The molecule has 0 atom stereocenters. The minimum Gasteiger partial charge on any atom is -0.495 e. The predicted octanol–water partition coefficient (Wildman–Crippen LogP) is 2.02. The maximum atomic E-state index is 11.8. The molecule has 1 fully saturated rings. The molecule has 1 amide bonds. The molecule has 0 radical (unpaired) electrons. The predicted molar refractivity (Wildman–Crippen MR) is 72.5 cm³/mol. The molecule has 4 nitrogen and oxygen atoms in total. The molecule has 0 unspecified atom stereocenters. The van der Waals surface area contributed by atoms with E-state index in [0.29, 0.717) is 17.3 Å². The van der Waals surface area contributed by atoms with Gasteiger partial charge in [-0.25, -0.2) is 0 Å². The fourth-order valence-corrected chi connectivity index (χ4v) is 2.37. The number of nitrogens with zero attached hydrogens (tertiary/aromatic N) is 2. The zero-order valence-electron chi connectivity index (χ0n) is 10.6. The summed E-state index contributed by atoms with van der Waals surface area (Å²) < 4.78 is 5.12. The van der Waals surface area contributed by atoms with E-state index in [1.54, 1.807) is 7.11 Å². The van der Waals surface area contributed by atoms with E-state index in [9.17, 15) is 4.79 Å². The topological polar surface area (TPSA) is 32.8 Å². The minimum absolute atomic E-state index is 0.163. The molecule has 0 spiro atoms. The van der Waals surface area contributed by atoms with E-state index >= 15 is 0 Å². The number of rotatable bonds is 3. The number of carbonyl (C=O) groups excluding carboxylic acids is 1. The van der Waals surface area contributed by atoms with Crippen molar-refractivity contribution in [2.75, 3.05) is 38.2 Å². The van der Waals surface area contributed by atoms with Crippen molar-refractivity contribution in [1.82, 2.24) is 4.90 Å². The zero-order valence-corrected chi connectivity index (χ0v) is 11.4. The van der Waals surface area contributed by atoms with Gasteiger partial charge in [0, 0.05) is 25.3 Å². The van der Waals surface area contributed by atoms with Crippen LogP contribution in [-0.2, 0) is 4.79 Å². The van der Waals surface area contributed by atoms with Crippen LogP contribution in [0.2, 0.25) is 5.02 Å². The highest BCUT2D eigenvalue weighted by Gasteiger charge is 2.23. The quantitative estimate of drug-likeness (QED) is 0.841. The number of piperazine rings is 1. The molecule has 1 aliphatic heterocycles. The van der Waals surface area contributed by atoms with Crippen LogP contribution in [0, 0.1) is 0 Å². The molecular formula is C13H17ClN2O2. The Morgan fingerprint density at radius 3 is 2.72 bits per heavy atom. The van der Waals surface area contributed by atoms with Crippen molar-refractivity contribution in [2.24, 2.45) is 0 Å². The summed E-state index contributed by atoms with van der Waals surface area (Å²) in [5.41, 5.74) is 0.963. The molecule has 0 aromatic heterocycles. The molecule has 1 aromatic rings. The van der Waals surface area contributed by atoms with E-state index in [4.69, 9.17) is 16.3 Å². The van der Waals surface area contributed by atoms with Gasteiger partial charge >= 0.3 is 0 Å². The van der Waals surface area contributed by atoms with Crippen molar-refractivity contribution in [1.29, 1.82) is 0 Å². The summed E-state index contributed by atoms with van der Waals surface area (Å²) in [4.78, 5) is 15.7. The average Bonchev–Trinajstić information content (AvgIpc) is 2.38. The van der Waals surface area contributed by atoms with Crippen molar-refractivity contribution in [3.8, 4) is 5.75 Å². The van der Waals surface area contributed by atoms with Gasteiger partial charge in [-0.05, 0) is 25.1 Å². The molecule has 1 heterocycles. The molecular weight excluding hydrogens is 252 g/mol. The van der Waals surface area contributed by atoms with Crippen molar-refractivity contribution >= 4 is 23.2 Å². The largest absolute Gasteiger partial charge is 0.495 e. The first-order chi connectivity index (χ1) is 8.65. The van der Waals surface area contributed by atoms with Gasteiger partial charge in [-0.2, -0.15) is 0 Å². The first-order valence-electron chi connectivity index (χ1n) is 6.02. The Kier molecular flexibility index (Phi) is 3.97. The molecule has 0 saturated carbocycles. The van der Waals surface area contributed by atoms with E-state index in [-0.39, 0.29) is 5.91 Å². The molecule has 0 bridgehead atoms. The highest BCUT2D eigenvalue weighted by Crippen LogP contribution is 2.29. The second-order valence-electron chi connectivity index (χ2n) is 4.21. The molecule has 0 aliphatic carbocycles. The number of amides is 1. The smallest absolute Gasteiger partial charge is 0.242 e. The van der Waals surface area contributed by atoms with Crippen LogP contribution in [0.5, 0.6) is 5.75 Å². The molecule has 1 saturated heterocycles. The second-order valence-corrected chi connectivity index (χ2v) is 4.62. The van der Waals surface area contributed by atoms with E-state index in [1.807, 2.05) is 34.9 Å². The lowest BCUT2D eigenvalue weighted by molar-refractivity contribution is -0.130. The van der Waals surface area contributed by atoms with Crippen LogP contribution in [0.3, 0.4) is 0 Å². The molecule has 1 aromatic carbocycles. The fraction of sp³-hybridized carbons (Fsp3) is 0.462. The summed E-state index contributed by atoms with van der Waals surface area (Å²) in [5, 5.41) is 0.570. The Balaban J connectivity index is 2.13. The average molecular weight is 269 g/mol. The summed E-state index contributed by atoms with van der Waals surface area (Å²) in [6.07, 6.45) is 0. The summed E-state index contributed by atoms with van der Waals surface area (Å²) in [5.74, 6) is 0.814. The number of likely N-dealkylation sites (N-methyl/N-ethyl adjacent to an activating group) is 1. The normalized spacial score (nSPS) is 16.1. The summed E-state index contributed by atoms with van der Waals surface area (Å²) in [6, 6.07) is 5.60. The monoisotopic (exact) mass is 268 g/mol. The fourth-order valence-electron chi connectivity index (χ4n) is 2.12. The van der Waals surface area contributed by atoms with Gasteiger partial charge in [0.2, 0.25) is 5.91 Å². The first kappa shape index (κ1) is 13.0. The van der Waals surface area contributed by atoms with Crippen LogP contribution < -0.4 is 9.64 Å². The SMILES string of the molecule is CCN1CCN(c2ccc(OC)c(Cl)c2)CC1=O. The zero-order chi connectivity index (χ0) is 13.1. The summed E-state index contributed by atoms with van der Waals surface area (Å²) in [6.45, 7) is 4.78. The minimum atomic E-state index is 0.163. The number of methoxy groups -OCH3 is 1. The molecule has 5 heteroatoms. The Morgan fingerprint density at radius 1 is 1.39 bits per heavy atom. The third-order valence-electron chi connectivity index (χ3n) is 3.20. The standard InChI is InChI=1S/C13H17ClN2O2/c1-3-15-6-7-16(9-13(15)17)10-4-5-12(18-2)11(14)8-10/h4-5,8H,3,6-7,9H2,1-2H3. The van der Waals surface area contributed by atoms with E-state index < -0.39 is 0 Å². The highest BCUT2D eigenvalue weighted by molar-refractivity contribution is 6.32. The number of ether oxygens (including phenoxy) is 1. The lowest BCUT2D eigenvalue weighted by atomic mass is 10.2. The van der Waals surface area contributed by atoms with Crippen LogP contribution in [0.1, 0.15) is 6.92 Å². The van der Waals surface area contributed by atoms with Gasteiger partial charge in [-0.1, -0.05) is 11.6 Å². The van der Waals surface area contributed by atoms with Gasteiger partial charge in [0.25, 0.3) is 0 Å². The molecule has 1 aliphatic rings. The van der Waals surface area contributed by atoms with Gasteiger partial charge in [-0.3, -0.25) is 4.79 Å². The van der Waals surface area contributed by atoms with E-state index in [2.05, 4.69) is 0 Å². The van der Waals surface area contributed by atoms with Crippen LogP contribution in [0.25, 0.3) is 0 Å². The van der Waals surface area contributed by atoms with Gasteiger partial charge < -0.3 is 14.5 Å². The number of carbonyl (C=O) groups is 1. The first-order valence-corrected chi connectivity index (χ1v) is 6.39. The second kappa shape index (κ2) is 5.48. The highest BCUT2D eigenvalue weighted by atomic mass is 35.5. The lowest BCUT2D eigenvalue weighted by Gasteiger charge is -2.35. The maximum absolute atomic E-state index is 11.8. The Hall–Kier alpha value is -1.42. The Labute approximate surface area is 112 Å². The number of halogens is 1. The molecule has 0 N–H and O–H groups in total. The van der Waals surface area contributed by atoms with E-state index in [0.717, 1.165) is 25.3 Å². The van der Waals surface area contributed by atoms with Gasteiger partial charge in [-0.15, -0.1) is 0 Å². The number of benzene rings is 1. The number of hydrogen-bond acceptors (Lipinski definition) is 3.